The van der Waals surface area contributed by atoms with Crippen molar-refractivity contribution in [3.63, 3.8) is 0 Å². The first-order valence-corrected chi connectivity index (χ1v) is 19.1. The standard InChI is InChI=1S/C42H48NOP/c1-30-28-31(2)40(44)38(29-30)42(34-20-11-5-12-21-34)26-27-45(35-22-13-6-14-23-35)41(42)43-39-36(32-16-7-3-8-17-32)24-15-25-37(39)33-18-9-4-10-19-33/h3-4,7-10,15-19,24-25,28-29,34-35,44H,5-6,11-14,20-23,26-27H2,1-2H3. The van der Waals surface area contributed by atoms with Crippen LogP contribution in [0.4, 0.5) is 5.69 Å². The van der Waals surface area contributed by atoms with Crippen molar-refractivity contribution in [2.24, 2.45) is 10.9 Å². The van der Waals surface area contributed by atoms with E-state index in [1.54, 1.807) is 0 Å². The molecule has 3 aliphatic rings. The van der Waals surface area contributed by atoms with Crippen LogP contribution in [-0.4, -0.2) is 22.4 Å². The van der Waals surface area contributed by atoms with Crippen molar-refractivity contribution in [1.29, 1.82) is 0 Å². The molecule has 7 rings (SSSR count). The fraction of sp³-hybridized carbons (Fsp3) is 0.405. The fourth-order valence-corrected chi connectivity index (χ4v) is 12.6. The van der Waals surface area contributed by atoms with Crippen molar-refractivity contribution in [1.82, 2.24) is 0 Å². The van der Waals surface area contributed by atoms with Gasteiger partial charge in [-0.1, -0.05) is 143 Å². The summed E-state index contributed by atoms with van der Waals surface area (Å²) >= 11 is 0. The Labute approximate surface area is 271 Å². The highest BCUT2D eigenvalue weighted by molar-refractivity contribution is 7.76. The van der Waals surface area contributed by atoms with Crippen molar-refractivity contribution in [3.8, 4) is 28.0 Å². The molecule has 232 valence electrons. The van der Waals surface area contributed by atoms with E-state index in [-0.39, 0.29) is 5.41 Å². The second-order valence-corrected chi connectivity index (χ2v) is 16.4. The lowest BCUT2D eigenvalue weighted by Gasteiger charge is -2.43. The lowest BCUT2D eigenvalue weighted by atomic mass is 9.63. The maximum atomic E-state index is 12.0. The third-order valence-corrected chi connectivity index (χ3v) is 14.2. The van der Waals surface area contributed by atoms with Crippen LogP contribution >= 0.6 is 7.92 Å². The largest absolute Gasteiger partial charge is 0.507 e. The Hall–Kier alpha value is -3.22. The van der Waals surface area contributed by atoms with Crippen molar-refractivity contribution < 1.29 is 5.11 Å². The predicted molar refractivity (Wildman–Crippen MR) is 194 cm³/mol. The SMILES string of the molecule is Cc1cc(C)c(O)c(C2(C3CCCCC3)CCP(C3CCCCC3)C2=Nc2c(-c3ccccc3)cccc2-c2ccccc2)c1. The first-order valence-electron chi connectivity index (χ1n) is 17.5. The van der Waals surface area contributed by atoms with Crippen molar-refractivity contribution >= 4 is 19.1 Å². The zero-order valence-corrected chi connectivity index (χ0v) is 28.0. The van der Waals surface area contributed by atoms with E-state index in [0.717, 1.165) is 23.3 Å². The fourth-order valence-electron chi connectivity index (χ4n) is 8.91. The van der Waals surface area contributed by atoms with E-state index in [0.29, 0.717) is 11.7 Å². The number of aromatic hydroxyl groups is 1. The number of benzene rings is 4. The number of rotatable bonds is 6. The van der Waals surface area contributed by atoms with Gasteiger partial charge in [0.1, 0.15) is 5.75 Å². The van der Waals surface area contributed by atoms with Crippen LogP contribution < -0.4 is 0 Å². The highest BCUT2D eigenvalue weighted by Gasteiger charge is 2.54. The Bertz CT molecular complexity index is 1590. The highest BCUT2D eigenvalue weighted by Crippen LogP contribution is 2.66. The molecule has 2 nitrogen and oxygen atoms in total. The monoisotopic (exact) mass is 613 g/mol. The van der Waals surface area contributed by atoms with Gasteiger partial charge in [-0.3, -0.25) is 4.99 Å². The van der Waals surface area contributed by atoms with Gasteiger partial charge in [0.2, 0.25) is 0 Å². The summed E-state index contributed by atoms with van der Waals surface area (Å²) in [5, 5.41) is 12.0. The molecule has 3 heteroatoms. The average molecular weight is 614 g/mol. The quantitative estimate of drug-likeness (QED) is 0.216. The smallest absolute Gasteiger partial charge is 0.122 e. The number of phenolic OH excluding ortho intramolecular Hbond substituents is 1. The predicted octanol–water partition coefficient (Wildman–Crippen LogP) is 12.1. The lowest BCUT2D eigenvalue weighted by molar-refractivity contribution is 0.257. The van der Waals surface area contributed by atoms with E-state index in [4.69, 9.17) is 4.99 Å². The normalized spacial score (nSPS) is 23.9. The van der Waals surface area contributed by atoms with E-state index in [1.807, 2.05) is 0 Å². The van der Waals surface area contributed by atoms with Crippen LogP contribution in [0, 0.1) is 19.8 Å². The molecule has 1 heterocycles. The second kappa shape index (κ2) is 13.3. The average Bonchev–Trinajstić information content (AvgIpc) is 3.47. The molecule has 3 fully saturated rings. The van der Waals surface area contributed by atoms with Gasteiger partial charge in [-0.25, -0.2) is 0 Å². The highest BCUT2D eigenvalue weighted by atomic mass is 31.1. The number of nitrogens with zero attached hydrogens (tertiary/aromatic N) is 1. The minimum Gasteiger partial charge on any atom is -0.507 e. The zero-order valence-electron chi connectivity index (χ0n) is 27.1. The van der Waals surface area contributed by atoms with Gasteiger partial charge in [-0.05, 0) is 80.4 Å². The molecule has 0 amide bonds. The van der Waals surface area contributed by atoms with E-state index in [2.05, 4.69) is 105 Å². The third kappa shape index (κ3) is 5.81. The van der Waals surface area contributed by atoms with Gasteiger partial charge in [0, 0.05) is 22.1 Å². The molecule has 45 heavy (non-hydrogen) atoms. The number of hydrogen-bond acceptors (Lipinski definition) is 2. The number of aryl methyl sites for hydroxylation is 2. The number of para-hydroxylation sites is 1. The molecule has 1 aliphatic heterocycles. The van der Waals surface area contributed by atoms with E-state index in [1.165, 1.54) is 109 Å². The molecule has 1 saturated heterocycles. The Morgan fingerprint density at radius 2 is 1.27 bits per heavy atom. The van der Waals surface area contributed by atoms with Crippen LogP contribution in [0.5, 0.6) is 5.75 Å². The van der Waals surface area contributed by atoms with E-state index < -0.39 is 7.92 Å². The molecule has 2 aliphatic carbocycles. The summed E-state index contributed by atoms with van der Waals surface area (Å²) < 4.78 is 0. The molecule has 1 N–H and O–H groups in total. The lowest BCUT2D eigenvalue weighted by Crippen LogP contribution is -2.41. The van der Waals surface area contributed by atoms with E-state index in [9.17, 15) is 5.11 Å². The molecule has 0 spiro atoms. The molecule has 0 aromatic heterocycles. The van der Waals surface area contributed by atoms with Gasteiger partial charge in [-0.15, -0.1) is 0 Å². The molecule has 2 atom stereocenters. The molecule has 2 saturated carbocycles. The van der Waals surface area contributed by atoms with Gasteiger partial charge < -0.3 is 5.11 Å². The summed E-state index contributed by atoms with van der Waals surface area (Å²) in [4.78, 5) is 6.11. The molecule has 0 bridgehead atoms. The summed E-state index contributed by atoms with van der Waals surface area (Å²) in [6, 6.07) is 33.0. The van der Waals surface area contributed by atoms with E-state index >= 15 is 0 Å². The summed E-state index contributed by atoms with van der Waals surface area (Å²) in [6.07, 6.45) is 15.4. The number of hydrogen-bond donors (Lipinski definition) is 1. The van der Waals surface area contributed by atoms with Crippen LogP contribution in [0.2, 0.25) is 0 Å². The number of aliphatic imine (C=N–C) groups is 1. The van der Waals surface area contributed by atoms with Crippen molar-refractivity contribution in [3.05, 3.63) is 108 Å². The summed E-state index contributed by atoms with van der Waals surface area (Å²) in [5.41, 5.74) is 11.3. The van der Waals surface area contributed by atoms with Crippen LogP contribution in [0.3, 0.4) is 0 Å². The Kier molecular flexibility index (Phi) is 8.96. The maximum absolute atomic E-state index is 12.0. The maximum Gasteiger partial charge on any atom is 0.122 e. The second-order valence-electron chi connectivity index (χ2n) is 13.9. The third-order valence-electron chi connectivity index (χ3n) is 11.1. The van der Waals surface area contributed by atoms with Crippen LogP contribution in [0.1, 0.15) is 87.3 Å². The summed E-state index contributed by atoms with van der Waals surface area (Å²) in [7, 11) is -0.442. The van der Waals surface area contributed by atoms with Gasteiger partial charge in [0.05, 0.1) is 11.1 Å². The van der Waals surface area contributed by atoms with Gasteiger partial charge in [-0.2, -0.15) is 0 Å². The van der Waals surface area contributed by atoms with Gasteiger partial charge in [0.25, 0.3) is 0 Å². The first kappa shape index (κ1) is 30.4. The topological polar surface area (TPSA) is 32.6 Å². The van der Waals surface area contributed by atoms with Crippen LogP contribution in [0.25, 0.3) is 22.3 Å². The van der Waals surface area contributed by atoms with Crippen molar-refractivity contribution in [2.75, 3.05) is 6.16 Å². The summed E-state index contributed by atoms with van der Waals surface area (Å²) in [5.74, 6) is 1.02. The number of phenols is 1. The minimum atomic E-state index is -0.442. The zero-order chi connectivity index (χ0) is 30.8. The van der Waals surface area contributed by atoms with Crippen molar-refractivity contribution in [2.45, 2.75) is 95.6 Å². The van der Waals surface area contributed by atoms with Crippen LogP contribution in [0.15, 0.2) is 96.0 Å². The Morgan fingerprint density at radius 3 is 1.87 bits per heavy atom. The minimum absolute atomic E-state index is 0.220. The Balaban J connectivity index is 1.54. The molecular formula is C42H48NOP. The molecular weight excluding hydrogens is 565 g/mol. The molecule has 4 aromatic carbocycles. The van der Waals surface area contributed by atoms with Gasteiger partial charge >= 0.3 is 0 Å². The first-order chi connectivity index (χ1) is 22.1. The molecule has 0 radical (unpaired) electrons. The van der Waals surface area contributed by atoms with Crippen LogP contribution in [-0.2, 0) is 5.41 Å². The molecule has 2 unspecified atom stereocenters. The summed E-state index contributed by atoms with van der Waals surface area (Å²) in [6.45, 7) is 4.30. The molecule has 4 aromatic rings. The van der Waals surface area contributed by atoms with Gasteiger partial charge in [0.15, 0.2) is 0 Å². The Morgan fingerprint density at radius 1 is 0.689 bits per heavy atom.